The SMILES string of the molecule is O=c1[nH]nc(Cc2ccc(F)cc2F)[nH]1. The quantitative estimate of drug-likeness (QED) is 0.777. The molecule has 0 amide bonds. The van der Waals surface area contributed by atoms with Crippen molar-refractivity contribution in [1.29, 1.82) is 0 Å². The van der Waals surface area contributed by atoms with Crippen LogP contribution >= 0.6 is 0 Å². The predicted octanol–water partition coefficient (Wildman–Crippen LogP) is 0.967. The smallest absolute Gasteiger partial charge is 0.293 e. The Hall–Kier alpha value is -1.98. The minimum Gasteiger partial charge on any atom is -0.293 e. The fraction of sp³-hybridized carbons (Fsp3) is 0.111. The van der Waals surface area contributed by atoms with Gasteiger partial charge in [0.2, 0.25) is 0 Å². The molecule has 0 aliphatic carbocycles. The van der Waals surface area contributed by atoms with Crippen LogP contribution in [0.5, 0.6) is 0 Å². The Morgan fingerprint density at radius 1 is 1.33 bits per heavy atom. The summed E-state index contributed by atoms with van der Waals surface area (Å²) >= 11 is 0. The van der Waals surface area contributed by atoms with Crippen LogP contribution in [-0.2, 0) is 6.42 Å². The summed E-state index contributed by atoms with van der Waals surface area (Å²) < 4.78 is 25.7. The molecule has 1 aromatic heterocycles. The Morgan fingerprint density at radius 3 is 2.73 bits per heavy atom. The summed E-state index contributed by atoms with van der Waals surface area (Å²) in [5.41, 5.74) is -0.174. The van der Waals surface area contributed by atoms with Crippen molar-refractivity contribution in [3.8, 4) is 0 Å². The molecule has 2 N–H and O–H groups in total. The van der Waals surface area contributed by atoms with Crippen molar-refractivity contribution in [2.75, 3.05) is 0 Å². The van der Waals surface area contributed by atoms with Crippen molar-refractivity contribution in [2.24, 2.45) is 0 Å². The molecule has 0 saturated heterocycles. The van der Waals surface area contributed by atoms with E-state index >= 15 is 0 Å². The van der Waals surface area contributed by atoms with Gasteiger partial charge in [-0.25, -0.2) is 18.7 Å². The third kappa shape index (κ3) is 2.09. The van der Waals surface area contributed by atoms with Crippen LogP contribution in [0, 0.1) is 11.6 Å². The molecule has 6 heteroatoms. The first kappa shape index (κ1) is 9.57. The van der Waals surface area contributed by atoms with Gasteiger partial charge in [-0.2, -0.15) is 5.10 Å². The van der Waals surface area contributed by atoms with Crippen LogP contribution in [0.25, 0.3) is 0 Å². The van der Waals surface area contributed by atoms with E-state index in [4.69, 9.17) is 0 Å². The average molecular weight is 211 g/mol. The number of halogens is 2. The molecule has 0 saturated carbocycles. The molecule has 0 spiro atoms. The number of rotatable bonds is 2. The molecular weight excluding hydrogens is 204 g/mol. The molecule has 15 heavy (non-hydrogen) atoms. The van der Waals surface area contributed by atoms with Crippen molar-refractivity contribution < 1.29 is 8.78 Å². The lowest BCUT2D eigenvalue weighted by molar-refractivity contribution is 0.573. The Morgan fingerprint density at radius 2 is 2.13 bits per heavy atom. The zero-order chi connectivity index (χ0) is 10.8. The first-order chi connectivity index (χ1) is 7.15. The number of hydrogen-bond donors (Lipinski definition) is 2. The molecule has 1 heterocycles. The standard InChI is InChI=1S/C9H7F2N3O/c10-6-2-1-5(7(11)4-6)3-8-12-9(15)14-13-8/h1-2,4H,3H2,(H2,12,13,14,15). The van der Waals surface area contributed by atoms with Crippen molar-refractivity contribution in [2.45, 2.75) is 6.42 Å². The second-order valence-corrected chi connectivity index (χ2v) is 3.04. The lowest BCUT2D eigenvalue weighted by atomic mass is 10.1. The van der Waals surface area contributed by atoms with E-state index in [2.05, 4.69) is 15.2 Å². The fourth-order valence-corrected chi connectivity index (χ4v) is 1.23. The van der Waals surface area contributed by atoms with Crippen molar-refractivity contribution >= 4 is 0 Å². The van der Waals surface area contributed by atoms with Crippen LogP contribution in [0.15, 0.2) is 23.0 Å². The van der Waals surface area contributed by atoms with Crippen LogP contribution in [0.2, 0.25) is 0 Å². The van der Waals surface area contributed by atoms with E-state index in [1.165, 1.54) is 6.07 Å². The van der Waals surface area contributed by atoms with Gasteiger partial charge in [0.05, 0.1) is 0 Å². The van der Waals surface area contributed by atoms with Gasteiger partial charge < -0.3 is 0 Å². The van der Waals surface area contributed by atoms with Gasteiger partial charge in [-0.15, -0.1) is 0 Å². The summed E-state index contributed by atoms with van der Waals surface area (Å²) in [5.74, 6) is -0.976. The monoisotopic (exact) mass is 211 g/mol. The molecule has 4 nitrogen and oxygen atoms in total. The summed E-state index contributed by atoms with van der Waals surface area (Å²) in [6.45, 7) is 0. The van der Waals surface area contributed by atoms with Crippen molar-refractivity contribution in [3.05, 3.63) is 51.7 Å². The Kier molecular flexibility index (Phi) is 2.32. The average Bonchev–Trinajstić information content (AvgIpc) is 2.56. The summed E-state index contributed by atoms with van der Waals surface area (Å²) in [5, 5.41) is 5.78. The van der Waals surface area contributed by atoms with Gasteiger partial charge in [0, 0.05) is 12.5 Å². The first-order valence-electron chi connectivity index (χ1n) is 4.22. The van der Waals surface area contributed by atoms with Gasteiger partial charge >= 0.3 is 5.69 Å². The van der Waals surface area contributed by atoms with E-state index in [1.54, 1.807) is 0 Å². The lowest BCUT2D eigenvalue weighted by Crippen LogP contribution is -2.02. The molecule has 78 valence electrons. The Balaban J connectivity index is 2.28. The minimum atomic E-state index is -0.654. The third-order valence-electron chi connectivity index (χ3n) is 1.92. The summed E-state index contributed by atoms with van der Waals surface area (Å²) in [7, 11) is 0. The number of benzene rings is 1. The van der Waals surface area contributed by atoms with Crippen molar-refractivity contribution in [1.82, 2.24) is 15.2 Å². The largest absolute Gasteiger partial charge is 0.340 e. The normalized spacial score (nSPS) is 10.5. The van der Waals surface area contributed by atoms with E-state index in [0.717, 1.165) is 12.1 Å². The summed E-state index contributed by atoms with van der Waals surface area (Å²) in [4.78, 5) is 13.1. The molecule has 0 bridgehead atoms. The number of hydrogen-bond acceptors (Lipinski definition) is 2. The van der Waals surface area contributed by atoms with Gasteiger partial charge in [0.25, 0.3) is 0 Å². The van der Waals surface area contributed by atoms with Crippen LogP contribution in [0.3, 0.4) is 0 Å². The molecular formula is C9H7F2N3O. The molecule has 0 aliphatic rings. The number of aromatic nitrogens is 3. The first-order valence-corrected chi connectivity index (χ1v) is 4.22. The number of nitrogens with one attached hydrogen (secondary N) is 2. The van der Waals surface area contributed by atoms with E-state index < -0.39 is 17.3 Å². The van der Waals surface area contributed by atoms with Gasteiger partial charge in [-0.05, 0) is 11.6 Å². The maximum atomic E-state index is 13.2. The highest BCUT2D eigenvalue weighted by atomic mass is 19.1. The predicted molar refractivity (Wildman–Crippen MR) is 48.4 cm³/mol. The molecule has 0 unspecified atom stereocenters. The lowest BCUT2D eigenvalue weighted by Gasteiger charge is -1.99. The molecule has 0 aliphatic heterocycles. The Bertz CT molecular complexity index is 532. The highest BCUT2D eigenvalue weighted by molar-refractivity contribution is 5.21. The van der Waals surface area contributed by atoms with Crippen molar-refractivity contribution in [3.63, 3.8) is 0 Å². The van der Waals surface area contributed by atoms with Crippen LogP contribution in [-0.4, -0.2) is 15.2 Å². The topological polar surface area (TPSA) is 61.5 Å². The van der Waals surface area contributed by atoms with Crippen LogP contribution in [0.1, 0.15) is 11.4 Å². The van der Waals surface area contributed by atoms with Crippen LogP contribution < -0.4 is 5.69 Å². The maximum Gasteiger partial charge on any atom is 0.340 e. The summed E-state index contributed by atoms with van der Waals surface area (Å²) in [6.07, 6.45) is 0.116. The maximum absolute atomic E-state index is 13.2. The molecule has 1 aromatic carbocycles. The van der Waals surface area contributed by atoms with E-state index in [1.807, 2.05) is 0 Å². The molecule has 0 atom stereocenters. The highest BCUT2D eigenvalue weighted by Gasteiger charge is 2.06. The zero-order valence-corrected chi connectivity index (χ0v) is 7.55. The zero-order valence-electron chi connectivity index (χ0n) is 7.55. The van der Waals surface area contributed by atoms with Gasteiger partial charge in [-0.3, -0.25) is 4.98 Å². The Labute approximate surface area is 83.0 Å². The number of H-pyrrole nitrogens is 2. The minimum absolute atomic E-state index is 0.116. The van der Waals surface area contributed by atoms with Gasteiger partial charge in [0.15, 0.2) is 0 Å². The van der Waals surface area contributed by atoms with Gasteiger partial charge in [-0.1, -0.05) is 6.07 Å². The molecule has 0 fully saturated rings. The van der Waals surface area contributed by atoms with Gasteiger partial charge in [0.1, 0.15) is 17.5 Å². The van der Waals surface area contributed by atoms with E-state index in [9.17, 15) is 13.6 Å². The highest BCUT2D eigenvalue weighted by Crippen LogP contribution is 2.11. The van der Waals surface area contributed by atoms with E-state index in [0.29, 0.717) is 5.82 Å². The molecule has 0 radical (unpaired) electrons. The second kappa shape index (κ2) is 3.64. The third-order valence-corrected chi connectivity index (χ3v) is 1.92. The summed E-state index contributed by atoms with van der Waals surface area (Å²) in [6, 6.07) is 3.26. The van der Waals surface area contributed by atoms with E-state index in [-0.39, 0.29) is 12.0 Å². The van der Waals surface area contributed by atoms with Crippen LogP contribution in [0.4, 0.5) is 8.78 Å². The fourth-order valence-electron chi connectivity index (χ4n) is 1.23. The molecule has 2 aromatic rings. The number of nitrogens with zero attached hydrogens (tertiary/aromatic N) is 1. The second-order valence-electron chi connectivity index (χ2n) is 3.04. The number of aromatic amines is 2. The molecule has 2 rings (SSSR count).